The Bertz CT molecular complexity index is 665. The molecule has 88 valence electrons. The summed E-state index contributed by atoms with van der Waals surface area (Å²) in [4.78, 5) is 14.5. The van der Waals surface area contributed by atoms with Gasteiger partial charge in [-0.3, -0.25) is 15.1 Å². The summed E-state index contributed by atoms with van der Waals surface area (Å²) in [5, 5.41) is 10.7. The number of hydrogen-bond acceptors (Lipinski definition) is 4. The topological polar surface area (TPSA) is 64.7 Å². The third kappa shape index (κ3) is 1.71. The van der Waals surface area contributed by atoms with Crippen molar-refractivity contribution in [3.8, 4) is 11.5 Å². The van der Waals surface area contributed by atoms with E-state index in [2.05, 4.69) is 4.99 Å². The molecule has 0 spiro atoms. The molecule has 0 radical (unpaired) electrons. The zero-order valence-electron chi connectivity index (χ0n) is 9.24. The summed E-state index contributed by atoms with van der Waals surface area (Å²) < 4.78 is 5.66. The van der Waals surface area contributed by atoms with Gasteiger partial charge in [-0.15, -0.1) is 0 Å². The average molecular weight is 240 g/mol. The van der Waals surface area contributed by atoms with Gasteiger partial charge in [-0.2, -0.15) is 0 Å². The number of ether oxygens (including phenoxy) is 1. The first-order valence-corrected chi connectivity index (χ1v) is 5.33. The lowest BCUT2D eigenvalue weighted by Crippen LogP contribution is -1.90. The van der Waals surface area contributed by atoms with Crippen LogP contribution in [-0.2, 0) is 0 Å². The van der Waals surface area contributed by atoms with Crippen molar-refractivity contribution in [1.29, 1.82) is 0 Å². The van der Waals surface area contributed by atoms with Crippen LogP contribution in [0.25, 0.3) is 0 Å². The van der Waals surface area contributed by atoms with Crippen LogP contribution in [0, 0.1) is 10.1 Å². The van der Waals surface area contributed by atoms with E-state index in [0.29, 0.717) is 17.2 Å². The second-order valence-corrected chi connectivity index (χ2v) is 3.81. The SMILES string of the molecule is O=[N+]([O-])c1ccc2c(c1)Oc1ccccc1C=N2. The minimum absolute atomic E-state index is 0.0108. The number of hydrogen-bond donors (Lipinski definition) is 0. The number of benzene rings is 2. The molecule has 2 aromatic rings. The highest BCUT2D eigenvalue weighted by Crippen LogP contribution is 2.37. The average Bonchev–Trinajstić information content (AvgIpc) is 2.56. The molecule has 1 aliphatic rings. The molecule has 0 fully saturated rings. The van der Waals surface area contributed by atoms with Crippen molar-refractivity contribution in [3.63, 3.8) is 0 Å². The van der Waals surface area contributed by atoms with Gasteiger partial charge >= 0.3 is 0 Å². The number of aliphatic imine (C=N–C) groups is 1. The number of para-hydroxylation sites is 1. The van der Waals surface area contributed by atoms with E-state index in [9.17, 15) is 10.1 Å². The van der Waals surface area contributed by atoms with Gasteiger partial charge in [0.15, 0.2) is 5.75 Å². The first-order chi connectivity index (χ1) is 8.74. The van der Waals surface area contributed by atoms with Gasteiger partial charge < -0.3 is 4.74 Å². The highest BCUT2D eigenvalue weighted by atomic mass is 16.6. The van der Waals surface area contributed by atoms with Gasteiger partial charge in [0.2, 0.25) is 0 Å². The minimum atomic E-state index is -0.454. The Morgan fingerprint density at radius 2 is 1.94 bits per heavy atom. The van der Waals surface area contributed by atoms with E-state index in [0.717, 1.165) is 5.56 Å². The standard InChI is InChI=1S/C13H8N2O3/c16-15(17)10-5-6-11-13(7-10)18-12-4-2-1-3-9(12)8-14-11/h1-8H. The fourth-order valence-corrected chi connectivity index (χ4v) is 1.74. The molecule has 0 amide bonds. The molecule has 0 unspecified atom stereocenters. The third-order valence-corrected chi connectivity index (χ3v) is 2.64. The summed E-state index contributed by atoms with van der Waals surface area (Å²) in [5.41, 5.74) is 1.41. The molecule has 0 N–H and O–H groups in total. The summed E-state index contributed by atoms with van der Waals surface area (Å²) in [5.74, 6) is 1.03. The van der Waals surface area contributed by atoms with Crippen molar-refractivity contribution in [3.05, 3.63) is 58.1 Å². The van der Waals surface area contributed by atoms with E-state index in [1.54, 1.807) is 18.3 Å². The van der Waals surface area contributed by atoms with Crippen LogP contribution in [0.2, 0.25) is 0 Å². The van der Waals surface area contributed by atoms with Crippen LogP contribution in [0.4, 0.5) is 11.4 Å². The lowest BCUT2D eigenvalue weighted by atomic mass is 10.2. The molecule has 1 aliphatic heterocycles. The Hall–Kier alpha value is -2.69. The first kappa shape index (κ1) is 10.5. The van der Waals surface area contributed by atoms with Gasteiger partial charge in [0, 0.05) is 17.8 Å². The predicted molar refractivity (Wildman–Crippen MR) is 66.9 cm³/mol. The molecule has 0 atom stereocenters. The maximum atomic E-state index is 10.7. The predicted octanol–water partition coefficient (Wildman–Crippen LogP) is 3.45. The molecule has 0 bridgehead atoms. The first-order valence-electron chi connectivity index (χ1n) is 5.33. The van der Waals surface area contributed by atoms with E-state index in [-0.39, 0.29) is 5.69 Å². The van der Waals surface area contributed by atoms with E-state index < -0.39 is 4.92 Å². The molecule has 1 heterocycles. The molecule has 3 rings (SSSR count). The van der Waals surface area contributed by atoms with Gasteiger partial charge in [-0.05, 0) is 18.2 Å². The van der Waals surface area contributed by atoms with Crippen LogP contribution in [0.1, 0.15) is 5.56 Å². The largest absolute Gasteiger partial charge is 0.454 e. The van der Waals surface area contributed by atoms with Crippen LogP contribution in [0.15, 0.2) is 47.5 Å². The molecular weight excluding hydrogens is 232 g/mol. The second kappa shape index (κ2) is 3.96. The maximum absolute atomic E-state index is 10.7. The number of nitro benzene ring substituents is 1. The fourth-order valence-electron chi connectivity index (χ4n) is 1.74. The zero-order valence-corrected chi connectivity index (χ0v) is 9.24. The Balaban J connectivity index is 2.13. The maximum Gasteiger partial charge on any atom is 0.273 e. The smallest absolute Gasteiger partial charge is 0.273 e. The van der Waals surface area contributed by atoms with Crippen LogP contribution in [0.5, 0.6) is 11.5 Å². The van der Waals surface area contributed by atoms with E-state index in [4.69, 9.17) is 4.74 Å². The van der Waals surface area contributed by atoms with Crippen LogP contribution in [-0.4, -0.2) is 11.1 Å². The number of nitrogens with zero attached hydrogens (tertiary/aromatic N) is 2. The Labute approximate surface area is 103 Å². The quantitative estimate of drug-likeness (QED) is 0.483. The molecule has 5 nitrogen and oxygen atoms in total. The monoisotopic (exact) mass is 240 g/mol. The highest BCUT2D eigenvalue weighted by Gasteiger charge is 2.15. The molecule has 18 heavy (non-hydrogen) atoms. The number of nitro groups is 1. The molecule has 0 saturated carbocycles. The van der Waals surface area contributed by atoms with Crippen molar-refractivity contribution < 1.29 is 9.66 Å². The lowest BCUT2D eigenvalue weighted by Gasteiger charge is -2.06. The number of fused-ring (bicyclic) bond motifs is 2. The van der Waals surface area contributed by atoms with Gasteiger partial charge in [-0.25, -0.2) is 0 Å². The van der Waals surface area contributed by atoms with Crippen molar-refractivity contribution in [2.24, 2.45) is 4.99 Å². The summed E-state index contributed by atoms with van der Waals surface area (Å²) in [6.07, 6.45) is 1.69. The van der Waals surface area contributed by atoms with Crippen LogP contribution < -0.4 is 4.74 Å². The molecule has 2 aromatic carbocycles. The molecule has 0 aromatic heterocycles. The summed E-state index contributed by atoms with van der Waals surface area (Å²) >= 11 is 0. The number of rotatable bonds is 1. The Morgan fingerprint density at radius 3 is 2.78 bits per heavy atom. The van der Waals surface area contributed by atoms with Crippen molar-refractivity contribution in [1.82, 2.24) is 0 Å². The molecule has 0 saturated heterocycles. The highest BCUT2D eigenvalue weighted by molar-refractivity contribution is 5.87. The van der Waals surface area contributed by atoms with Crippen molar-refractivity contribution in [2.75, 3.05) is 0 Å². The molecule has 5 heteroatoms. The fraction of sp³-hybridized carbons (Fsp3) is 0. The normalized spacial score (nSPS) is 12.0. The zero-order chi connectivity index (χ0) is 12.5. The van der Waals surface area contributed by atoms with Gasteiger partial charge in [0.1, 0.15) is 11.4 Å². The van der Waals surface area contributed by atoms with Crippen LogP contribution >= 0.6 is 0 Å². The lowest BCUT2D eigenvalue weighted by molar-refractivity contribution is -0.384. The molecule has 0 aliphatic carbocycles. The summed E-state index contributed by atoms with van der Waals surface area (Å²) in [7, 11) is 0. The van der Waals surface area contributed by atoms with Crippen molar-refractivity contribution in [2.45, 2.75) is 0 Å². The van der Waals surface area contributed by atoms with Crippen LogP contribution in [0.3, 0.4) is 0 Å². The Kier molecular flexibility index (Phi) is 2.30. The summed E-state index contributed by atoms with van der Waals surface area (Å²) in [6, 6.07) is 11.8. The van der Waals surface area contributed by atoms with Gasteiger partial charge in [-0.1, -0.05) is 12.1 Å². The van der Waals surface area contributed by atoms with E-state index >= 15 is 0 Å². The Morgan fingerprint density at radius 1 is 1.11 bits per heavy atom. The van der Waals surface area contributed by atoms with Gasteiger partial charge in [0.25, 0.3) is 5.69 Å². The summed E-state index contributed by atoms with van der Waals surface area (Å²) in [6.45, 7) is 0. The molecular formula is C13H8N2O3. The van der Waals surface area contributed by atoms with Gasteiger partial charge in [0.05, 0.1) is 11.0 Å². The van der Waals surface area contributed by atoms with E-state index in [1.807, 2.05) is 18.2 Å². The van der Waals surface area contributed by atoms with E-state index in [1.165, 1.54) is 12.1 Å². The van der Waals surface area contributed by atoms with Crippen molar-refractivity contribution >= 4 is 17.6 Å². The minimum Gasteiger partial charge on any atom is -0.454 e. The third-order valence-electron chi connectivity index (χ3n) is 2.64. The second-order valence-electron chi connectivity index (χ2n) is 3.81. The number of non-ortho nitro benzene ring substituents is 1.